The van der Waals surface area contributed by atoms with E-state index in [4.69, 9.17) is 9.47 Å². The Morgan fingerprint density at radius 2 is 1.92 bits per heavy atom. The minimum atomic E-state index is -3.17. The number of benzene rings is 1. The summed E-state index contributed by atoms with van der Waals surface area (Å²) in [6.45, 7) is 2.72. The maximum Gasteiger partial charge on any atom is 0.255 e. The van der Waals surface area contributed by atoms with Crippen LogP contribution in [0.5, 0.6) is 11.5 Å². The molecule has 1 aliphatic heterocycles. The number of hydrogen-bond acceptors (Lipinski definition) is 5. The molecular weight excluding hydrogens is 344 g/mol. The number of piperidine rings is 1. The highest BCUT2D eigenvalue weighted by Gasteiger charge is 2.28. The Labute approximate surface area is 149 Å². The van der Waals surface area contributed by atoms with E-state index < -0.39 is 10.0 Å². The molecule has 1 heterocycles. The first kappa shape index (κ1) is 19.5. The van der Waals surface area contributed by atoms with E-state index in [-0.39, 0.29) is 17.7 Å². The van der Waals surface area contributed by atoms with E-state index >= 15 is 0 Å². The van der Waals surface area contributed by atoms with Crippen LogP contribution >= 0.6 is 0 Å². The second-order valence-corrected chi connectivity index (χ2v) is 8.09. The van der Waals surface area contributed by atoms with Crippen LogP contribution in [0.3, 0.4) is 0 Å². The van der Waals surface area contributed by atoms with Crippen molar-refractivity contribution in [2.75, 3.05) is 33.1 Å². The van der Waals surface area contributed by atoms with Crippen molar-refractivity contribution in [3.05, 3.63) is 23.8 Å². The van der Waals surface area contributed by atoms with Crippen molar-refractivity contribution < 1.29 is 22.7 Å². The highest BCUT2D eigenvalue weighted by atomic mass is 32.2. The molecule has 0 aliphatic carbocycles. The molecular formula is C17H26N2O5S. The van der Waals surface area contributed by atoms with Gasteiger partial charge in [0.15, 0.2) is 11.5 Å². The van der Waals surface area contributed by atoms with Gasteiger partial charge in [-0.15, -0.1) is 0 Å². The van der Waals surface area contributed by atoms with Gasteiger partial charge in [0.2, 0.25) is 10.0 Å². The molecule has 8 heteroatoms. The SMILES string of the molecule is CCCS(=O)(=O)N1CCC(NC(=O)c2cccc(OC)c2OC)CC1. The predicted molar refractivity (Wildman–Crippen MR) is 95.7 cm³/mol. The molecule has 25 heavy (non-hydrogen) atoms. The molecule has 1 fully saturated rings. The number of carbonyl (C=O) groups excluding carboxylic acids is 1. The number of methoxy groups -OCH3 is 2. The lowest BCUT2D eigenvalue weighted by Crippen LogP contribution is -2.47. The first-order valence-corrected chi connectivity index (χ1v) is 10.0. The van der Waals surface area contributed by atoms with Crippen molar-refractivity contribution in [3.8, 4) is 11.5 Å². The Morgan fingerprint density at radius 1 is 1.24 bits per heavy atom. The number of amides is 1. The number of sulfonamides is 1. The van der Waals surface area contributed by atoms with Crippen molar-refractivity contribution in [2.45, 2.75) is 32.2 Å². The summed E-state index contributed by atoms with van der Waals surface area (Å²) in [5.41, 5.74) is 0.405. The zero-order valence-electron chi connectivity index (χ0n) is 14.9. The van der Waals surface area contributed by atoms with E-state index in [2.05, 4.69) is 5.32 Å². The van der Waals surface area contributed by atoms with Crippen molar-refractivity contribution in [3.63, 3.8) is 0 Å². The minimum Gasteiger partial charge on any atom is -0.493 e. The third-order valence-electron chi connectivity index (χ3n) is 4.29. The van der Waals surface area contributed by atoms with E-state index in [9.17, 15) is 13.2 Å². The summed E-state index contributed by atoms with van der Waals surface area (Å²) < 4.78 is 36.2. The van der Waals surface area contributed by atoms with Crippen LogP contribution in [0.25, 0.3) is 0 Å². The highest BCUT2D eigenvalue weighted by molar-refractivity contribution is 7.89. The number of ether oxygens (including phenoxy) is 2. The van der Waals surface area contributed by atoms with Crippen LogP contribution < -0.4 is 14.8 Å². The summed E-state index contributed by atoms with van der Waals surface area (Å²) in [4.78, 5) is 12.6. The maximum atomic E-state index is 12.6. The van der Waals surface area contributed by atoms with Crippen LogP contribution in [0.4, 0.5) is 0 Å². The summed E-state index contributed by atoms with van der Waals surface area (Å²) in [6, 6.07) is 5.08. The number of nitrogens with one attached hydrogen (secondary N) is 1. The van der Waals surface area contributed by atoms with Gasteiger partial charge >= 0.3 is 0 Å². The number of para-hydroxylation sites is 1. The van der Waals surface area contributed by atoms with Gasteiger partial charge in [0.1, 0.15) is 0 Å². The zero-order valence-corrected chi connectivity index (χ0v) is 15.8. The summed E-state index contributed by atoms with van der Waals surface area (Å²) in [6.07, 6.45) is 1.80. The van der Waals surface area contributed by atoms with Crippen molar-refractivity contribution in [1.82, 2.24) is 9.62 Å². The van der Waals surface area contributed by atoms with Crippen LogP contribution in [-0.4, -0.2) is 57.7 Å². The standard InChI is InChI=1S/C17H26N2O5S/c1-4-12-25(21,22)19-10-8-13(9-11-19)18-17(20)14-6-5-7-15(23-2)16(14)24-3/h5-7,13H,4,8-12H2,1-3H3,(H,18,20). The van der Waals surface area contributed by atoms with Gasteiger partial charge in [0, 0.05) is 19.1 Å². The molecule has 0 radical (unpaired) electrons. The molecule has 1 aromatic carbocycles. The number of nitrogens with zero attached hydrogens (tertiary/aromatic N) is 1. The summed E-state index contributed by atoms with van der Waals surface area (Å²) in [5.74, 6) is 0.817. The van der Waals surface area contributed by atoms with Crippen molar-refractivity contribution in [1.29, 1.82) is 0 Å². The summed E-state index contributed by atoms with van der Waals surface area (Å²) in [5, 5.41) is 2.97. The van der Waals surface area contributed by atoms with E-state index in [1.165, 1.54) is 18.5 Å². The second-order valence-electron chi connectivity index (χ2n) is 6.00. The highest BCUT2D eigenvalue weighted by Crippen LogP contribution is 2.30. The van der Waals surface area contributed by atoms with E-state index in [0.29, 0.717) is 49.4 Å². The predicted octanol–water partition coefficient (Wildman–Crippen LogP) is 1.64. The van der Waals surface area contributed by atoms with Crippen molar-refractivity contribution >= 4 is 15.9 Å². The fourth-order valence-corrected chi connectivity index (χ4v) is 4.54. The fourth-order valence-electron chi connectivity index (χ4n) is 2.99. The molecule has 1 aliphatic rings. The maximum absolute atomic E-state index is 12.6. The molecule has 7 nitrogen and oxygen atoms in total. The molecule has 1 N–H and O–H groups in total. The van der Waals surface area contributed by atoms with Gasteiger partial charge in [-0.1, -0.05) is 13.0 Å². The molecule has 0 saturated carbocycles. The van der Waals surface area contributed by atoms with Gasteiger partial charge in [-0.2, -0.15) is 0 Å². The lowest BCUT2D eigenvalue weighted by atomic mass is 10.1. The van der Waals surface area contributed by atoms with Crippen LogP contribution in [0, 0.1) is 0 Å². The van der Waals surface area contributed by atoms with Gasteiger partial charge in [-0.3, -0.25) is 4.79 Å². The van der Waals surface area contributed by atoms with E-state index in [1.54, 1.807) is 18.2 Å². The lowest BCUT2D eigenvalue weighted by Gasteiger charge is -2.31. The largest absolute Gasteiger partial charge is 0.493 e. The molecule has 0 aromatic heterocycles. The van der Waals surface area contributed by atoms with Crippen LogP contribution in [0.15, 0.2) is 18.2 Å². The lowest BCUT2D eigenvalue weighted by molar-refractivity contribution is 0.0920. The molecule has 2 rings (SSSR count). The first-order valence-electron chi connectivity index (χ1n) is 8.42. The Bertz CT molecular complexity index is 697. The van der Waals surface area contributed by atoms with Gasteiger partial charge in [0.25, 0.3) is 5.91 Å². The third kappa shape index (κ3) is 4.64. The number of rotatable bonds is 7. The number of carbonyl (C=O) groups is 1. The quantitative estimate of drug-likeness (QED) is 0.789. The molecule has 1 amide bonds. The van der Waals surface area contributed by atoms with Crippen LogP contribution in [0.1, 0.15) is 36.5 Å². The Balaban J connectivity index is 2.00. The molecule has 1 aromatic rings. The molecule has 1 saturated heterocycles. The van der Waals surface area contributed by atoms with Gasteiger partial charge in [-0.05, 0) is 31.4 Å². The van der Waals surface area contributed by atoms with Crippen LogP contribution in [-0.2, 0) is 10.0 Å². The number of hydrogen-bond donors (Lipinski definition) is 1. The fraction of sp³-hybridized carbons (Fsp3) is 0.588. The van der Waals surface area contributed by atoms with Crippen LogP contribution in [0.2, 0.25) is 0 Å². The minimum absolute atomic E-state index is 0.0588. The Morgan fingerprint density at radius 3 is 2.48 bits per heavy atom. The topological polar surface area (TPSA) is 84.9 Å². The Kier molecular flexibility index (Phi) is 6.66. The normalized spacial score (nSPS) is 16.4. The van der Waals surface area contributed by atoms with E-state index in [1.807, 2.05) is 6.92 Å². The van der Waals surface area contributed by atoms with Gasteiger partial charge < -0.3 is 14.8 Å². The summed E-state index contributed by atoms with van der Waals surface area (Å²) in [7, 11) is -0.161. The average Bonchev–Trinajstić information content (AvgIpc) is 2.61. The van der Waals surface area contributed by atoms with Gasteiger partial charge in [-0.25, -0.2) is 12.7 Å². The molecule has 140 valence electrons. The van der Waals surface area contributed by atoms with Crippen molar-refractivity contribution in [2.24, 2.45) is 0 Å². The van der Waals surface area contributed by atoms with Gasteiger partial charge in [0.05, 0.1) is 25.5 Å². The van der Waals surface area contributed by atoms with E-state index in [0.717, 1.165) is 0 Å². The zero-order chi connectivity index (χ0) is 18.4. The molecule has 0 atom stereocenters. The molecule has 0 bridgehead atoms. The third-order valence-corrected chi connectivity index (χ3v) is 6.37. The first-order chi connectivity index (χ1) is 11.9. The smallest absolute Gasteiger partial charge is 0.255 e. The second kappa shape index (κ2) is 8.53. The molecule has 0 spiro atoms. The Hall–Kier alpha value is -1.80. The molecule has 0 unspecified atom stereocenters. The average molecular weight is 370 g/mol. The monoisotopic (exact) mass is 370 g/mol. The summed E-state index contributed by atoms with van der Waals surface area (Å²) >= 11 is 0.